The predicted molar refractivity (Wildman–Crippen MR) is 91.0 cm³/mol. The van der Waals surface area contributed by atoms with Crippen LogP contribution in [0.4, 0.5) is 0 Å². The molecule has 2 nitrogen and oxygen atoms in total. The number of rotatable bonds is 2. The third kappa shape index (κ3) is 3.02. The molecule has 0 saturated carbocycles. The van der Waals surface area contributed by atoms with E-state index in [9.17, 15) is 9.90 Å². The van der Waals surface area contributed by atoms with Gasteiger partial charge in [0.05, 0.1) is 0 Å². The van der Waals surface area contributed by atoms with Crippen molar-refractivity contribution in [1.29, 1.82) is 0 Å². The fourth-order valence-corrected chi connectivity index (χ4v) is 2.71. The SMILES string of the molecule is CC1=C/C(=C(\c2ccccc2)c2ccc([O-])c(C)c2)C=CC1=O. The number of hydrogen-bond donors (Lipinski definition) is 0. The second kappa shape index (κ2) is 6.09. The van der Waals surface area contributed by atoms with E-state index in [0.29, 0.717) is 11.1 Å². The first-order valence-electron chi connectivity index (χ1n) is 7.54. The number of carbonyl (C=O) groups is 1. The third-order valence-electron chi connectivity index (χ3n) is 3.99. The molecular formula is C21H17O2-. The largest absolute Gasteiger partial charge is 0.872 e. The number of aryl methyl sites for hydroxylation is 1. The summed E-state index contributed by atoms with van der Waals surface area (Å²) in [6, 6.07) is 15.4. The summed E-state index contributed by atoms with van der Waals surface area (Å²) in [5, 5.41) is 11.7. The Morgan fingerprint density at radius 3 is 2.30 bits per heavy atom. The van der Waals surface area contributed by atoms with Gasteiger partial charge in [-0.05, 0) is 53.8 Å². The van der Waals surface area contributed by atoms with E-state index >= 15 is 0 Å². The van der Waals surface area contributed by atoms with Gasteiger partial charge in [0.15, 0.2) is 5.78 Å². The predicted octanol–water partition coefficient (Wildman–Crippen LogP) is 3.96. The Morgan fingerprint density at radius 1 is 0.913 bits per heavy atom. The summed E-state index contributed by atoms with van der Waals surface area (Å²) >= 11 is 0. The highest BCUT2D eigenvalue weighted by molar-refractivity contribution is 6.07. The molecule has 2 aromatic carbocycles. The lowest BCUT2D eigenvalue weighted by molar-refractivity contribution is -0.269. The van der Waals surface area contributed by atoms with Gasteiger partial charge in [0.2, 0.25) is 0 Å². The molecule has 0 fully saturated rings. The molecule has 0 amide bonds. The minimum absolute atomic E-state index is 0.0345. The molecule has 0 spiro atoms. The highest BCUT2D eigenvalue weighted by Gasteiger charge is 2.14. The monoisotopic (exact) mass is 301 g/mol. The minimum Gasteiger partial charge on any atom is -0.872 e. The Morgan fingerprint density at radius 2 is 1.65 bits per heavy atom. The Hall–Kier alpha value is -2.87. The molecule has 0 unspecified atom stereocenters. The lowest BCUT2D eigenvalue weighted by Crippen LogP contribution is -2.02. The van der Waals surface area contributed by atoms with Gasteiger partial charge < -0.3 is 5.11 Å². The van der Waals surface area contributed by atoms with Gasteiger partial charge in [-0.1, -0.05) is 60.2 Å². The van der Waals surface area contributed by atoms with Gasteiger partial charge >= 0.3 is 0 Å². The number of allylic oxidation sites excluding steroid dienone is 5. The van der Waals surface area contributed by atoms with Crippen LogP contribution in [0.15, 0.2) is 77.9 Å². The second-order valence-corrected chi connectivity index (χ2v) is 5.70. The molecule has 0 aromatic heterocycles. The van der Waals surface area contributed by atoms with Gasteiger partial charge in [0.25, 0.3) is 0 Å². The first-order valence-corrected chi connectivity index (χ1v) is 7.54. The number of hydrogen-bond acceptors (Lipinski definition) is 2. The van der Waals surface area contributed by atoms with E-state index in [-0.39, 0.29) is 11.5 Å². The minimum atomic E-state index is 0.0345. The van der Waals surface area contributed by atoms with Crippen LogP contribution in [0.5, 0.6) is 5.75 Å². The maximum Gasteiger partial charge on any atom is 0.181 e. The first kappa shape index (κ1) is 15.0. The van der Waals surface area contributed by atoms with Crippen LogP contribution in [0.2, 0.25) is 0 Å². The smallest absolute Gasteiger partial charge is 0.181 e. The summed E-state index contributed by atoms with van der Waals surface area (Å²) in [4.78, 5) is 11.7. The van der Waals surface area contributed by atoms with Crippen LogP contribution in [0, 0.1) is 6.92 Å². The molecule has 23 heavy (non-hydrogen) atoms. The van der Waals surface area contributed by atoms with Crippen molar-refractivity contribution >= 4 is 11.4 Å². The zero-order valence-corrected chi connectivity index (χ0v) is 13.2. The molecule has 0 heterocycles. The Balaban J connectivity index is 2.26. The van der Waals surface area contributed by atoms with Crippen LogP contribution in [-0.4, -0.2) is 5.78 Å². The maximum atomic E-state index is 11.7. The summed E-state index contributed by atoms with van der Waals surface area (Å²) in [7, 11) is 0. The molecule has 114 valence electrons. The average molecular weight is 301 g/mol. The van der Waals surface area contributed by atoms with E-state index in [2.05, 4.69) is 0 Å². The van der Waals surface area contributed by atoms with Crippen LogP contribution < -0.4 is 5.11 Å². The molecule has 2 aromatic rings. The van der Waals surface area contributed by atoms with Crippen LogP contribution in [-0.2, 0) is 4.79 Å². The highest BCUT2D eigenvalue weighted by Crippen LogP contribution is 2.32. The van der Waals surface area contributed by atoms with Crippen molar-refractivity contribution in [3.05, 3.63) is 94.6 Å². The standard InChI is InChI=1S/C21H18O2/c1-14-12-17(8-10-19(14)22)21(16-6-4-3-5-7-16)18-9-11-20(23)15(2)13-18/h3-13,22H,1-2H3/p-1/b21-18+. The fraction of sp³-hybridized carbons (Fsp3) is 0.0952. The molecule has 0 atom stereocenters. The van der Waals surface area contributed by atoms with Gasteiger partial charge in [0, 0.05) is 0 Å². The van der Waals surface area contributed by atoms with Gasteiger partial charge in [0.1, 0.15) is 0 Å². The zero-order chi connectivity index (χ0) is 16.4. The van der Waals surface area contributed by atoms with Crippen LogP contribution >= 0.6 is 0 Å². The molecule has 3 rings (SSSR count). The van der Waals surface area contributed by atoms with Crippen molar-refractivity contribution in [1.82, 2.24) is 0 Å². The van der Waals surface area contributed by atoms with Crippen LogP contribution in [0.1, 0.15) is 23.6 Å². The highest BCUT2D eigenvalue weighted by atomic mass is 16.3. The third-order valence-corrected chi connectivity index (χ3v) is 3.99. The van der Waals surface area contributed by atoms with Crippen molar-refractivity contribution < 1.29 is 9.90 Å². The van der Waals surface area contributed by atoms with Crippen molar-refractivity contribution in [2.24, 2.45) is 0 Å². The molecule has 0 bridgehead atoms. The van der Waals surface area contributed by atoms with Crippen molar-refractivity contribution in [3.63, 3.8) is 0 Å². The van der Waals surface area contributed by atoms with E-state index < -0.39 is 0 Å². The Labute approximate surface area is 136 Å². The van der Waals surface area contributed by atoms with Crippen molar-refractivity contribution in [2.45, 2.75) is 13.8 Å². The average Bonchev–Trinajstić information content (AvgIpc) is 2.55. The lowest BCUT2D eigenvalue weighted by atomic mass is 9.89. The number of carbonyl (C=O) groups excluding carboxylic acids is 1. The molecule has 0 saturated heterocycles. The van der Waals surface area contributed by atoms with Crippen molar-refractivity contribution in [3.8, 4) is 5.75 Å². The number of benzene rings is 2. The Bertz CT molecular complexity index is 853. The second-order valence-electron chi connectivity index (χ2n) is 5.70. The Kier molecular flexibility index (Phi) is 3.98. The molecule has 1 aliphatic rings. The lowest BCUT2D eigenvalue weighted by Gasteiger charge is -2.17. The van der Waals surface area contributed by atoms with Crippen molar-refractivity contribution in [2.75, 3.05) is 0 Å². The van der Waals surface area contributed by atoms with Gasteiger partial charge in [-0.25, -0.2) is 0 Å². The van der Waals surface area contributed by atoms with Crippen LogP contribution in [0.3, 0.4) is 0 Å². The molecule has 0 aliphatic heterocycles. The summed E-state index contributed by atoms with van der Waals surface area (Å²) < 4.78 is 0. The van der Waals surface area contributed by atoms with Gasteiger partial charge in [-0.2, -0.15) is 0 Å². The summed E-state index contributed by atoms with van der Waals surface area (Å²) in [6.45, 7) is 3.64. The number of ketones is 1. The summed E-state index contributed by atoms with van der Waals surface area (Å²) in [5.41, 5.74) is 5.47. The molecule has 2 heteroatoms. The molecular weight excluding hydrogens is 284 g/mol. The molecule has 0 radical (unpaired) electrons. The molecule has 0 N–H and O–H groups in total. The van der Waals surface area contributed by atoms with E-state index in [1.165, 1.54) is 0 Å². The van der Waals surface area contributed by atoms with Gasteiger partial charge in [-0.3, -0.25) is 4.79 Å². The molecule has 1 aliphatic carbocycles. The van der Waals surface area contributed by atoms with Crippen LogP contribution in [0.25, 0.3) is 5.57 Å². The summed E-state index contributed by atoms with van der Waals surface area (Å²) in [6.07, 6.45) is 5.35. The quantitative estimate of drug-likeness (QED) is 0.842. The summed E-state index contributed by atoms with van der Waals surface area (Å²) in [5.74, 6) is 0.0690. The topological polar surface area (TPSA) is 40.1 Å². The van der Waals surface area contributed by atoms with E-state index in [1.54, 1.807) is 12.1 Å². The normalized spacial score (nSPS) is 16.3. The zero-order valence-electron chi connectivity index (χ0n) is 13.2. The fourth-order valence-electron chi connectivity index (χ4n) is 2.71. The van der Waals surface area contributed by atoms with Gasteiger partial charge in [-0.15, -0.1) is 5.75 Å². The van der Waals surface area contributed by atoms with E-state index in [1.807, 2.05) is 68.5 Å². The first-order chi connectivity index (χ1) is 11.1. The maximum absolute atomic E-state index is 11.7. The van der Waals surface area contributed by atoms with E-state index in [4.69, 9.17) is 0 Å². The van der Waals surface area contributed by atoms with E-state index in [0.717, 1.165) is 22.3 Å².